The van der Waals surface area contributed by atoms with Crippen molar-refractivity contribution in [3.8, 4) is 5.75 Å². The minimum Gasteiger partial charge on any atom is -0.480 e. The predicted octanol–water partition coefficient (Wildman–Crippen LogP) is 2.05. The summed E-state index contributed by atoms with van der Waals surface area (Å²) >= 11 is 0. The number of rotatable bonds is 8. The van der Waals surface area contributed by atoms with E-state index in [9.17, 15) is 24.3 Å². The number of carbonyl (C=O) groups is 4. The molecule has 1 aliphatic rings. The zero-order chi connectivity index (χ0) is 24.9. The lowest BCUT2D eigenvalue weighted by Crippen LogP contribution is -2.44. The Kier molecular flexibility index (Phi) is 7.39. The van der Waals surface area contributed by atoms with E-state index in [0.717, 1.165) is 0 Å². The summed E-state index contributed by atoms with van der Waals surface area (Å²) in [4.78, 5) is 54.7. The van der Waals surface area contributed by atoms with Crippen molar-refractivity contribution in [2.75, 3.05) is 10.6 Å². The second-order valence-electron chi connectivity index (χ2n) is 8.69. The van der Waals surface area contributed by atoms with Gasteiger partial charge in [-0.25, -0.2) is 14.6 Å². The molecule has 1 aliphatic heterocycles. The highest BCUT2D eigenvalue weighted by molar-refractivity contribution is 5.98. The number of nitrogens with one attached hydrogen (secondary N) is 4. The number of nitrogens with zero attached hydrogens (tertiary/aromatic N) is 1. The van der Waals surface area contributed by atoms with Crippen LogP contribution < -0.4 is 20.7 Å². The van der Waals surface area contributed by atoms with E-state index in [2.05, 4.69) is 25.9 Å². The number of amides is 3. The highest BCUT2D eigenvalue weighted by atomic mass is 16.6. The Balaban J connectivity index is 1.59. The molecule has 2 atom stereocenters. The molecule has 0 saturated heterocycles. The largest absolute Gasteiger partial charge is 0.480 e. The van der Waals surface area contributed by atoms with Crippen LogP contribution in [0, 0.1) is 0 Å². The van der Waals surface area contributed by atoms with Crippen molar-refractivity contribution in [3.05, 3.63) is 36.2 Å². The number of fused-ring (bicyclic) bond motifs is 1. The molecule has 182 valence electrons. The van der Waals surface area contributed by atoms with E-state index in [0.29, 0.717) is 22.9 Å². The molecular formula is C22H27N5O7. The minimum atomic E-state index is -1.23. The van der Waals surface area contributed by atoms with Gasteiger partial charge in [0.05, 0.1) is 5.69 Å². The number of aromatic amines is 1. The lowest BCUT2D eigenvalue weighted by molar-refractivity contribution is -0.139. The van der Waals surface area contributed by atoms with Gasteiger partial charge < -0.3 is 30.2 Å². The normalized spacial score (nSPS) is 15.9. The zero-order valence-electron chi connectivity index (χ0n) is 19.0. The summed E-state index contributed by atoms with van der Waals surface area (Å²) in [5, 5.41) is 17.1. The average Bonchev–Trinajstić information content (AvgIpc) is 3.23. The third-order valence-electron chi connectivity index (χ3n) is 4.68. The first-order chi connectivity index (χ1) is 16.0. The van der Waals surface area contributed by atoms with Crippen molar-refractivity contribution in [2.45, 2.75) is 57.8 Å². The average molecular weight is 473 g/mol. The molecule has 2 aromatic rings. The number of carbonyl (C=O) groups excluding carboxylic acids is 3. The third kappa shape index (κ3) is 6.95. The Morgan fingerprint density at radius 3 is 2.71 bits per heavy atom. The SMILES string of the molecule is CC(C)(C)OC(=O)N[C@@H](Cc1ccc2c(c1)NC(=O)[C@H](CCC(=O)Nc1ncc[nH]1)O2)C(=O)O. The fourth-order valence-corrected chi connectivity index (χ4v) is 3.19. The van der Waals surface area contributed by atoms with Crippen LogP contribution in [0.15, 0.2) is 30.6 Å². The first-order valence-corrected chi connectivity index (χ1v) is 10.6. The maximum atomic E-state index is 12.5. The lowest BCUT2D eigenvalue weighted by Gasteiger charge is -2.26. The van der Waals surface area contributed by atoms with Gasteiger partial charge in [-0.05, 0) is 38.5 Å². The summed E-state index contributed by atoms with van der Waals surface area (Å²) < 4.78 is 10.9. The standard InChI is InChI=1S/C22H27N5O7/c1-22(2,3)34-21(32)26-14(19(30)31)11-12-4-5-15-13(10-12)25-18(29)16(33-15)6-7-17(28)27-20-23-8-9-24-20/h4-5,8-10,14,16H,6-7,11H2,1-3H3,(H,25,29)(H,26,32)(H,30,31)(H2,23,24,27,28)/t14-,16-/m0/s1. The maximum Gasteiger partial charge on any atom is 0.408 e. The zero-order valence-corrected chi connectivity index (χ0v) is 19.0. The second-order valence-corrected chi connectivity index (χ2v) is 8.69. The highest BCUT2D eigenvalue weighted by Gasteiger charge is 2.29. The molecule has 3 amide bonds. The van der Waals surface area contributed by atoms with E-state index < -0.39 is 35.7 Å². The van der Waals surface area contributed by atoms with Crippen LogP contribution in [-0.2, 0) is 25.5 Å². The minimum absolute atomic E-state index is 0.0336. The fourth-order valence-electron chi connectivity index (χ4n) is 3.19. The predicted molar refractivity (Wildman–Crippen MR) is 120 cm³/mol. The van der Waals surface area contributed by atoms with Crippen molar-refractivity contribution in [2.24, 2.45) is 0 Å². The molecule has 0 spiro atoms. The van der Waals surface area contributed by atoms with Crippen LogP contribution in [-0.4, -0.2) is 56.7 Å². The number of carboxylic acids is 1. The van der Waals surface area contributed by atoms with E-state index in [1.54, 1.807) is 45.2 Å². The van der Waals surface area contributed by atoms with Gasteiger partial charge in [0.1, 0.15) is 17.4 Å². The number of alkyl carbamates (subject to hydrolysis) is 1. The molecule has 0 radical (unpaired) electrons. The molecule has 34 heavy (non-hydrogen) atoms. The molecule has 0 bridgehead atoms. The number of imidazole rings is 1. The molecule has 2 heterocycles. The number of aliphatic carboxylic acids is 1. The smallest absolute Gasteiger partial charge is 0.408 e. The number of H-pyrrole nitrogens is 1. The molecule has 0 aliphatic carbocycles. The number of ether oxygens (including phenoxy) is 2. The van der Waals surface area contributed by atoms with Gasteiger partial charge >= 0.3 is 12.1 Å². The van der Waals surface area contributed by atoms with E-state index in [1.165, 1.54) is 6.20 Å². The van der Waals surface area contributed by atoms with Crippen molar-refractivity contribution in [1.29, 1.82) is 0 Å². The first kappa shape index (κ1) is 24.6. The second kappa shape index (κ2) is 10.2. The van der Waals surface area contributed by atoms with Gasteiger partial charge in [0.2, 0.25) is 11.9 Å². The van der Waals surface area contributed by atoms with Gasteiger partial charge in [0.25, 0.3) is 5.91 Å². The number of aromatic nitrogens is 2. The first-order valence-electron chi connectivity index (χ1n) is 10.6. The van der Waals surface area contributed by atoms with Gasteiger partial charge in [-0.1, -0.05) is 6.07 Å². The Hall–Kier alpha value is -4.09. The summed E-state index contributed by atoms with van der Waals surface area (Å²) in [7, 11) is 0. The van der Waals surface area contributed by atoms with Gasteiger partial charge in [-0.2, -0.15) is 0 Å². The van der Waals surface area contributed by atoms with Gasteiger partial charge in [0.15, 0.2) is 6.10 Å². The lowest BCUT2D eigenvalue weighted by atomic mass is 10.0. The van der Waals surface area contributed by atoms with E-state index >= 15 is 0 Å². The molecule has 0 fully saturated rings. The Morgan fingerprint density at radius 2 is 2.06 bits per heavy atom. The van der Waals surface area contributed by atoms with Gasteiger partial charge in [-0.3, -0.25) is 14.9 Å². The summed E-state index contributed by atoms with van der Waals surface area (Å²) in [6.45, 7) is 5.02. The molecule has 3 rings (SSSR count). The summed E-state index contributed by atoms with van der Waals surface area (Å²) in [5.41, 5.74) is 0.166. The Bertz CT molecular complexity index is 1060. The van der Waals surface area contributed by atoms with Crippen LogP contribution in [0.1, 0.15) is 39.2 Å². The molecule has 0 saturated carbocycles. The number of benzene rings is 1. The van der Waals surface area contributed by atoms with Crippen LogP contribution in [0.3, 0.4) is 0 Å². The van der Waals surface area contributed by atoms with Crippen LogP contribution in [0.2, 0.25) is 0 Å². The van der Waals surface area contributed by atoms with Crippen LogP contribution >= 0.6 is 0 Å². The topological polar surface area (TPSA) is 172 Å². The molecule has 0 unspecified atom stereocenters. The van der Waals surface area contributed by atoms with E-state index in [4.69, 9.17) is 9.47 Å². The van der Waals surface area contributed by atoms with Crippen molar-refractivity contribution < 1.29 is 33.8 Å². The summed E-state index contributed by atoms with van der Waals surface area (Å²) in [6, 6.07) is 3.60. The molecular weight excluding hydrogens is 446 g/mol. The molecule has 1 aromatic heterocycles. The van der Waals surface area contributed by atoms with Crippen molar-refractivity contribution >= 4 is 35.5 Å². The Labute approximate surface area is 195 Å². The Morgan fingerprint density at radius 1 is 1.29 bits per heavy atom. The van der Waals surface area contributed by atoms with Crippen LogP contribution in [0.5, 0.6) is 5.75 Å². The van der Waals surface area contributed by atoms with Crippen molar-refractivity contribution in [1.82, 2.24) is 15.3 Å². The van der Waals surface area contributed by atoms with E-state index in [1.807, 2.05) is 0 Å². The van der Waals surface area contributed by atoms with Crippen LogP contribution in [0.4, 0.5) is 16.4 Å². The molecule has 1 aromatic carbocycles. The quantitative estimate of drug-likeness (QED) is 0.387. The molecule has 12 heteroatoms. The van der Waals surface area contributed by atoms with Crippen LogP contribution in [0.25, 0.3) is 0 Å². The number of carboxylic acid groups (broad SMARTS) is 1. The summed E-state index contributed by atoms with van der Waals surface area (Å²) in [6.07, 6.45) is 1.54. The molecule has 12 nitrogen and oxygen atoms in total. The van der Waals surface area contributed by atoms with Gasteiger partial charge in [-0.15, -0.1) is 0 Å². The summed E-state index contributed by atoms with van der Waals surface area (Å²) in [5.74, 6) is -1.25. The molecule has 5 N–H and O–H groups in total. The van der Waals surface area contributed by atoms with Crippen molar-refractivity contribution in [3.63, 3.8) is 0 Å². The van der Waals surface area contributed by atoms with Gasteiger partial charge in [0, 0.05) is 31.7 Å². The third-order valence-corrected chi connectivity index (χ3v) is 4.68. The monoisotopic (exact) mass is 473 g/mol. The number of hydrogen-bond donors (Lipinski definition) is 5. The van der Waals surface area contributed by atoms with E-state index in [-0.39, 0.29) is 25.2 Å². The highest BCUT2D eigenvalue weighted by Crippen LogP contribution is 2.32. The fraction of sp³-hybridized carbons (Fsp3) is 0.409. The maximum absolute atomic E-state index is 12.5. The number of anilines is 2. The number of hydrogen-bond acceptors (Lipinski definition) is 7.